The van der Waals surface area contributed by atoms with Crippen molar-refractivity contribution in [1.82, 2.24) is 0 Å². The van der Waals surface area contributed by atoms with Crippen LogP contribution >= 0.6 is 23.4 Å². The predicted molar refractivity (Wildman–Crippen MR) is 100 cm³/mol. The number of nitrogens with one attached hydrogen (secondary N) is 1. The monoisotopic (exact) mass is 365 g/mol. The Kier molecular flexibility index (Phi) is 6.82. The average molecular weight is 366 g/mol. The SMILES string of the molecule is COc1ccc(NC(=O)C(C)SCc2cc(Cl)ccc2OC)cc1. The molecule has 24 heavy (non-hydrogen) atoms. The zero-order valence-corrected chi connectivity index (χ0v) is 15.4. The van der Waals surface area contributed by atoms with Crippen molar-refractivity contribution in [3.8, 4) is 11.5 Å². The van der Waals surface area contributed by atoms with E-state index in [-0.39, 0.29) is 11.2 Å². The number of carbonyl (C=O) groups is 1. The van der Waals surface area contributed by atoms with E-state index < -0.39 is 0 Å². The van der Waals surface area contributed by atoms with Gasteiger partial charge >= 0.3 is 0 Å². The molecule has 1 N–H and O–H groups in total. The Morgan fingerprint density at radius 1 is 1.17 bits per heavy atom. The highest BCUT2D eigenvalue weighted by atomic mass is 35.5. The van der Waals surface area contributed by atoms with Gasteiger partial charge in [-0.1, -0.05) is 11.6 Å². The molecule has 0 aromatic heterocycles. The van der Waals surface area contributed by atoms with Gasteiger partial charge in [-0.3, -0.25) is 4.79 Å². The number of amides is 1. The molecule has 1 amide bonds. The van der Waals surface area contributed by atoms with E-state index in [0.29, 0.717) is 10.8 Å². The van der Waals surface area contributed by atoms with E-state index in [0.717, 1.165) is 22.7 Å². The summed E-state index contributed by atoms with van der Waals surface area (Å²) in [5.41, 5.74) is 1.72. The second-order valence-corrected chi connectivity index (χ2v) is 6.89. The van der Waals surface area contributed by atoms with Gasteiger partial charge in [0, 0.05) is 22.0 Å². The topological polar surface area (TPSA) is 47.6 Å². The van der Waals surface area contributed by atoms with Crippen LogP contribution in [0.25, 0.3) is 0 Å². The molecule has 0 aliphatic heterocycles. The molecule has 0 saturated carbocycles. The summed E-state index contributed by atoms with van der Waals surface area (Å²) in [5.74, 6) is 2.12. The first-order chi connectivity index (χ1) is 11.5. The Balaban J connectivity index is 1.92. The number of benzene rings is 2. The maximum Gasteiger partial charge on any atom is 0.237 e. The summed E-state index contributed by atoms with van der Waals surface area (Å²) in [6, 6.07) is 12.7. The standard InChI is InChI=1S/C18H20ClNO3S/c1-12(18(21)20-15-5-7-16(22-2)8-6-15)24-11-13-10-14(19)4-9-17(13)23-3/h4-10,12H,11H2,1-3H3,(H,20,21). The number of carbonyl (C=O) groups excluding carboxylic acids is 1. The molecule has 2 rings (SSSR count). The van der Waals surface area contributed by atoms with Gasteiger partial charge in [-0.15, -0.1) is 11.8 Å². The molecule has 4 nitrogen and oxygen atoms in total. The minimum Gasteiger partial charge on any atom is -0.497 e. The first-order valence-electron chi connectivity index (χ1n) is 7.42. The highest BCUT2D eigenvalue weighted by molar-refractivity contribution is 7.99. The largest absolute Gasteiger partial charge is 0.497 e. The second-order valence-electron chi connectivity index (χ2n) is 5.13. The number of thioether (sulfide) groups is 1. The third kappa shape index (κ3) is 5.08. The Hall–Kier alpha value is -1.85. The highest BCUT2D eigenvalue weighted by Gasteiger charge is 2.15. The summed E-state index contributed by atoms with van der Waals surface area (Å²) >= 11 is 7.56. The summed E-state index contributed by atoms with van der Waals surface area (Å²) < 4.78 is 10.4. The van der Waals surface area contributed by atoms with Crippen molar-refractivity contribution in [2.24, 2.45) is 0 Å². The highest BCUT2D eigenvalue weighted by Crippen LogP contribution is 2.28. The lowest BCUT2D eigenvalue weighted by Crippen LogP contribution is -2.22. The third-order valence-electron chi connectivity index (χ3n) is 3.46. The average Bonchev–Trinajstić information content (AvgIpc) is 2.60. The van der Waals surface area contributed by atoms with Crippen LogP contribution in [0.4, 0.5) is 5.69 Å². The summed E-state index contributed by atoms with van der Waals surface area (Å²) in [6.45, 7) is 1.88. The van der Waals surface area contributed by atoms with Crippen LogP contribution in [0.5, 0.6) is 11.5 Å². The van der Waals surface area contributed by atoms with Gasteiger partial charge in [0.15, 0.2) is 0 Å². The maximum atomic E-state index is 12.3. The smallest absolute Gasteiger partial charge is 0.237 e. The fraction of sp³-hybridized carbons (Fsp3) is 0.278. The molecule has 2 aromatic rings. The Labute approximate surface area is 151 Å². The van der Waals surface area contributed by atoms with Crippen LogP contribution in [-0.4, -0.2) is 25.4 Å². The maximum absolute atomic E-state index is 12.3. The lowest BCUT2D eigenvalue weighted by molar-refractivity contribution is -0.115. The van der Waals surface area contributed by atoms with Crippen molar-refractivity contribution >= 4 is 35.0 Å². The fourth-order valence-corrected chi connectivity index (χ4v) is 3.13. The number of ether oxygens (including phenoxy) is 2. The summed E-state index contributed by atoms with van der Waals surface area (Å²) in [6.07, 6.45) is 0. The molecule has 0 aliphatic rings. The van der Waals surface area contributed by atoms with Crippen LogP contribution in [-0.2, 0) is 10.5 Å². The number of hydrogen-bond donors (Lipinski definition) is 1. The summed E-state index contributed by atoms with van der Waals surface area (Å²) in [7, 11) is 3.23. The van der Waals surface area contributed by atoms with Gasteiger partial charge in [-0.25, -0.2) is 0 Å². The first-order valence-corrected chi connectivity index (χ1v) is 8.85. The molecule has 0 bridgehead atoms. The summed E-state index contributed by atoms with van der Waals surface area (Å²) in [4.78, 5) is 12.3. The van der Waals surface area contributed by atoms with Crippen LogP contribution in [0, 0.1) is 0 Å². The van der Waals surface area contributed by atoms with E-state index in [1.165, 1.54) is 11.8 Å². The van der Waals surface area contributed by atoms with E-state index in [1.807, 2.05) is 43.3 Å². The normalized spacial score (nSPS) is 11.7. The minimum atomic E-state index is -0.212. The van der Waals surface area contributed by atoms with Gasteiger partial charge in [0.2, 0.25) is 5.91 Å². The van der Waals surface area contributed by atoms with E-state index >= 15 is 0 Å². The van der Waals surface area contributed by atoms with E-state index in [1.54, 1.807) is 20.3 Å². The second kappa shape index (κ2) is 8.85. The van der Waals surface area contributed by atoms with Crippen LogP contribution < -0.4 is 14.8 Å². The molecule has 6 heteroatoms. The molecule has 0 spiro atoms. The van der Waals surface area contributed by atoms with Crippen LogP contribution in [0.15, 0.2) is 42.5 Å². The molecular weight excluding hydrogens is 346 g/mol. The van der Waals surface area contributed by atoms with Crippen molar-refractivity contribution in [3.05, 3.63) is 53.1 Å². The van der Waals surface area contributed by atoms with E-state index in [9.17, 15) is 4.79 Å². The number of anilines is 1. The Morgan fingerprint density at radius 3 is 2.50 bits per heavy atom. The van der Waals surface area contributed by atoms with Gasteiger partial charge in [-0.05, 0) is 49.4 Å². The van der Waals surface area contributed by atoms with Crippen molar-refractivity contribution in [2.75, 3.05) is 19.5 Å². The molecule has 0 fully saturated rings. The van der Waals surface area contributed by atoms with Crippen molar-refractivity contribution in [3.63, 3.8) is 0 Å². The molecule has 0 saturated heterocycles. The van der Waals surface area contributed by atoms with Crippen molar-refractivity contribution in [1.29, 1.82) is 0 Å². The number of methoxy groups -OCH3 is 2. The molecule has 0 heterocycles. The van der Waals surface area contributed by atoms with Crippen molar-refractivity contribution < 1.29 is 14.3 Å². The zero-order chi connectivity index (χ0) is 17.5. The zero-order valence-electron chi connectivity index (χ0n) is 13.8. The molecule has 1 atom stereocenters. The summed E-state index contributed by atoms with van der Waals surface area (Å²) in [5, 5.41) is 3.34. The molecular formula is C18H20ClNO3S. The van der Waals surface area contributed by atoms with Gasteiger partial charge < -0.3 is 14.8 Å². The Bertz CT molecular complexity index is 691. The van der Waals surface area contributed by atoms with Gasteiger partial charge in [0.25, 0.3) is 0 Å². The van der Waals surface area contributed by atoms with E-state index in [2.05, 4.69) is 5.32 Å². The molecule has 0 aliphatic carbocycles. The lowest BCUT2D eigenvalue weighted by Gasteiger charge is -2.14. The number of rotatable bonds is 7. The molecule has 128 valence electrons. The van der Waals surface area contributed by atoms with Crippen LogP contribution in [0.3, 0.4) is 0 Å². The third-order valence-corrected chi connectivity index (χ3v) is 4.88. The first kappa shape index (κ1) is 18.5. The number of halogens is 1. The van der Waals surface area contributed by atoms with Gasteiger partial charge in [-0.2, -0.15) is 0 Å². The fourth-order valence-electron chi connectivity index (χ4n) is 2.07. The van der Waals surface area contributed by atoms with Crippen molar-refractivity contribution in [2.45, 2.75) is 17.9 Å². The van der Waals surface area contributed by atoms with E-state index in [4.69, 9.17) is 21.1 Å². The minimum absolute atomic E-state index is 0.0499. The lowest BCUT2D eigenvalue weighted by atomic mass is 10.2. The molecule has 2 aromatic carbocycles. The van der Waals surface area contributed by atoms with Gasteiger partial charge in [0.05, 0.1) is 19.5 Å². The molecule has 1 unspecified atom stereocenters. The van der Waals surface area contributed by atoms with Crippen LogP contribution in [0.1, 0.15) is 12.5 Å². The quantitative estimate of drug-likeness (QED) is 0.777. The number of hydrogen-bond acceptors (Lipinski definition) is 4. The Morgan fingerprint density at radius 2 is 1.88 bits per heavy atom. The molecule has 0 radical (unpaired) electrons. The predicted octanol–water partition coefficient (Wildman–Crippen LogP) is 4.62. The van der Waals surface area contributed by atoms with Gasteiger partial charge in [0.1, 0.15) is 11.5 Å². The van der Waals surface area contributed by atoms with Crippen LogP contribution in [0.2, 0.25) is 5.02 Å².